The van der Waals surface area contributed by atoms with Gasteiger partial charge in [-0.15, -0.1) is 22.7 Å². The van der Waals surface area contributed by atoms with Crippen molar-refractivity contribution in [3.8, 4) is 10.7 Å². The molecule has 0 radical (unpaired) electrons. The number of unbranched alkanes of at least 4 members (excludes halogenated alkanes) is 1. The van der Waals surface area contributed by atoms with Gasteiger partial charge in [0.2, 0.25) is 41.4 Å². The Morgan fingerprint density at radius 3 is 1.96 bits per heavy atom. The molecule has 2 aliphatic rings. The Morgan fingerprint density at radius 2 is 1.33 bits per heavy atom. The van der Waals surface area contributed by atoms with Gasteiger partial charge in [-0.05, 0) is 71.4 Å². The van der Waals surface area contributed by atoms with Crippen molar-refractivity contribution in [3.63, 3.8) is 0 Å². The van der Waals surface area contributed by atoms with Crippen molar-refractivity contribution < 1.29 is 112 Å². The summed E-state index contributed by atoms with van der Waals surface area (Å²) in [7, 11) is 0. The van der Waals surface area contributed by atoms with Gasteiger partial charge in [-0.1, -0.05) is 34.6 Å². The van der Waals surface area contributed by atoms with E-state index in [1.807, 2.05) is 27.7 Å². The van der Waals surface area contributed by atoms with Gasteiger partial charge in [0.1, 0.15) is 101 Å². The van der Waals surface area contributed by atoms with Gasteiger partial charge in [0.05, 0.1) is 78.7 Å². The fourth-order valence-corrected chi connectivity index (χ4v) is 13.4. The van der Waals surface area contributed by atoms with E-state index in [0.717, 1.165) is 18.9 Å². The van der Waals surface area contributed by atoms with Crippen molar-refractivity contribution in [3.05, 3.63) is 56.8 Å². The number of nitrogens with one attached hydrogen (secondary N) is 10. The van der Waals surface area contributed by atoms with Crippen LogP contribution in [0, 0.1) is 24.7 Å². The van der Waals surface area contributed by atoms with Gasteiger partial charge in [0, 0.05) is 55.3 Å². The monoisotopic (exact) mass is 1650 g/mol. The molecular formula is C68H109N21O23S2. The van der Waals surface area contributed by atoms with Gasteiger partial charge >= 0.3 is 6.09 Å². The summed E-state index contributed by atoms with van der Waals surface area (Å²) < 4.78 is 28.8. The Morgan fingerprint density at radius 1 is 0.675 bits per heavy atom. The highest BCUT2D eigenvalue weighted by molar-refractivity contribution is 7.14. The number of ether oxygens (including phenoxy) is 5. The Kier molecular flexibility index (Phi) is 37.1. The number of imidazole rings is 1. The molecule has 636 valence electrons. The molecule has 0 spiro atoms. The summed E-state index contributed by atoms with van der Waals surface area (Å²) >= 11 is 2.46. The number of anilines is 1. The Labute approximate surface area is 663 Å². The van der Waals surface area contributed by atoms with Crippen LogP contribution in [0.4, 0.5) is 10.6 Å². The van der Waals surface area contributed by atoms with Crippen LogP contribution in [0.3, 0.4) is 0 Å². The molecule has 0 saturated carbocycles. The summed E-state index contributed by atoms with van der Waals surface area (Å²) in [6, 6.07) is -9.34. The molecule has 6 heterocycles. The number of thiazole rings is 2. The maximum absolute atomic E-state index is 15.3. The van der Waals surface area contributed by atoms with E-state index in [0.29, 0.717) is 61.2 Å². The van der Waals surface area contributed by atoms with Gasteiger partial charge in [0.25, 0.3) is 11.8 Å². The number of aliphatic hydroxyl groups excluding tert-OH is 8. The van der Waals surface area contributed by atoms with Crippen LogP contribution in [0.1, 0.15) is 136 Å². The van der Waals surface area contributed by atoms with E-state index in [9.17, 15) is 84.0 Å². The van der Waals surface area contributed by atoms with Crippen LogP contribution in [-0.2, 0) is 63.7 Å². The first-order chi connectivity index (χ1) is 53.9. The predicted molar refractivity (Wildman–Crippen MR) is 404 cm³/mol. The van der Waals surface area contributed by atoms with Crippen LogP contribution in [0.2, 0.25) is 0 Å². The average Bonchev–Trinajstić information content (AvgIpc) is 0.843. The van der Waals surface area contributed by atoms with E-state index in [1.165, 1.54) is 50.4 Å². The largest absolute Gasteiger partial charge is 0.441 e. The third-order valence-electron chi connectivity index (χ3n) is 18.5. The van der Waals surface area contributed by atoms with Crippen molar-refractivity contribution in [2.75, 3.05) is 58.2 Å². The molecule has 2 fully saturated rings. The summed E-state index contributed by atoms with van der Waals surface area (Å²) in [6.07, 6.45) is -22.8. The second-order valence-electron chi connectivity index (χ2n) is 28.3. The number of carbonyl (C=O) groups is 10. The number of hydrogen-bond acceptors (Lipinski definition) is 35. The lowest BCUT2D eigenvalue weighted by Gasteiger charge is -2.47. The van der Waals surface area contributed by atoms with E-state index < -0.39 is 195 Å². The summed E-state index contributed by atoms with van der Waals surface area (Å²) in [5.41, 5.74) is 34.0. The zero-order chi connectivity index (χ0) is 84.5. The number of nitrogens with zero attached hydrogens (tertiary/aromatic N) is 5. The topological polar surface area (TPSA) is 723 Å². The summed E-state index contributed by atoms with van der Waals surface area (Å²) in [5.74, 6) is -9.40. The van der Waals surface area contributed by atoms with Crippen molar-refractivity contribution in [1.29, 1.82) is 0 Å². The highest BCUT2D eigenvalue weighted by Crippen LogP contribution is 2.35. The second-order valence-corrected chi connectivity index (χ2v) is 30.1. The van der Waals surface area contributed by atoms with Crippen LogP contribution in [0.5, 0.6) is 0 Å². The molecule has 2 saturated heterocycles. The molecule has 44 nitrogen and oxygen atoms in total. The fourth-order valence-electron chi connectivity index (χ4n) is 11.8. The molecule has 21 atom stereocenters. The highest BCUT2D eigenvalue weighted by Gasteiger charge is 2.54. The summed E-state index contributed by atoms with van der Waals surface area (Å²) in [4.78, 5) is 157. The normalized spacial score (nSPS) is 22.6. The first-order valence-corrected chi connectivity index (χ1v) is 38.6. The number of H-pyrrole nitrogens is 1. The van der Waals surface area contributed by atoms with Crippen LogP contribution in [-0.4, -0.2) is 292 Å². The minimum Gasteiger partial charge on any atom is -0.441 e. The van der Waals surface area contributed by atoms with Gasteiger partial charge < -0.3 is 152 Å². The SMILES string of the molecule is Cc1c(N)nc([C@H](CC(N)=O)NC[C@H](N)C(N)=O)nc1C(=O)N[C@H](C(=O)N[C@H](C)[C@@H](O)[C@H](C)C(=O)N[C@H](C(=O)NCCc1nc(-c2nc(C(=O)NCCCNCCCCNC(=O)[C@H](CC(C)C)NC(=O)[C@@H](N)C(C)C)cs2)cs1)[C@@H](C)O)[C@@H](O[C@@H]1O[C@@H](CO)[C@@H](O)[C@@H](O)[C@@H]1O[C@H]1O[C@H](CO)[C@@H](O)[C@H](OC(N)=O)[C@@H]1O)c1cnc[nH]1. The van der Waals surface area contributed by atoms with E-state index in [2.05, 4.69) is 77.8 Å². The number of nitrogen functional groups attached to an aromatic ring is 1. The van der Waals surface area contributed by atoms with Crippen LogP contribution >= 0.6 is 22.7 Å². The zero-order valence-electron chi connectivity index (χ0n) is 64.2. The van der Waals surface area contributed by atoms with Crippen molar-refractivity contribution in [2.45, 2.75) is 216 Å². The molecule has 30 N–H and O–H groups in total. The van der Waals surface area contributed by atoms with Crippen molar-refractivity contribution in [2.24, 2.45) is 46.4 Å². The Balaban J connectivity index is 1.11. The first kappa shape index (κ1) is 94.1. The minimum atomic E-state index is -2.21. The average molecular weight is 1650 g/mol. The number of carbonyl (C=O) groups excluding carboxylic acids is 10. The molecule has 114 heavy (non-hydrogen) atoms. The maximum Gasteiger partial charge on any atom is 0.404 e. The molecule has 10 amide bonds. The predicted octanol–water partition coefficient (Wildman–Crippen LogP) is -7.58. The third kappa shape index (κ3) is 26.9. The number of aromatic amines is 1. The number of hydrogen-bond donors (Lipinski definition) is 24. The van der Waals surface area contributed by atoms with Gasteiger partial charge in [-0.3, -0.25) is 43.2 Å². The molecule has 2 aliphatic heterocycles. The number of nitrogens with two attached hydrogens (primary N) is 6. The van der Waals surface area contributed by atoms with Gasteiger partial charge in [-0.25, -0.2) is 29.7 Å². The molecule has 4 aromatic rings. The van der Waals surface area contributed by atoms with Gasteiger partial charge in [0.15, 0.2) is 18.7 Å². The number of amides is 10. The molecule has 0 aromatic carbocycles. The second kappa shape index (κ2) is 44.9. The first-order valence-electron chi connectivity index (χ1n) is 36.9. The molecular weight excluding hydrogens is 1540 g/mol. The lowest BCUT2D eigenvalue weighted by molar-refractivity contribution is -0.372. The molecule has 46 heteroatoms. The number of primary amides is 3. The molecule has 0 unspecified atom stereocenters. The lowest BCUT2D eigenvalue weighted by atomic mass is 9.96. The number of aromatic nitrogens is 6. The van der Waals surface area contributed by atoms with Crippen molar-refractivity contribution in [1.82, 2.24) is 77.8 Å². The molecule has 6 rings (SSSR count). The smallest absolute Gasteiger partial charge is 0.404 e. The highest BCUT2D eigenvalue weighted by atomic mass is 32.1. The van der Waals surface area contributed by atoms with E-state index in [4.69, 9.17) is 58.1 Å². The van der Waals surface area contributed by atoms with E-state index in [-0.39, 0.29) is 77.7 Å². The number of rotatable bonds is 46. The van der Waals surface area contributed by atoms with Crippen LogP contribution < -0.4 is 82.3 Å². The van der Waals surface area contributed by atoms with E-state index >= 15 is 4.79 Å². The minimum absolute atomic E-state index is 0.0406. The maximum atomic E-state index is 15.3. The summed E-state index contributed by atoms with van der Waals surface area (Å²) in [6.45, 7) is 12.3. The Hall–Kier alpha value is -8.79. The Bertz CT molecular complexity index is 3830. The molecule has 0 bridgehead atoms. The van der Waals surface area contributed by atoms with Gasteiger partial charge in [-0.2, -0.15) is 0 Å². The standard InChI is InChI=1S/C68H109N21O23S2/c1-27(2)18-35(84-61(103)43(71)28(3)4)59(101)77-15-10-9-13-75-14-11-16-78-60(102)37-24-114-65(85-37)38-25-113-42(83-38)12-17-79-62(104)45(32(8)92)87-58(100)30(6)47(94)31(7)82-64(106)46(88-63(105)44-29(5)55(72)89-57(86-44)34(19-41(70)93)80-20-33(69)56(73)99)52(36-21-76-26-81-36)110-67-54(50(97)48(95)39(22-90)109-67)111-66-51(98)53(112-68(74)107)49(96)40(23-91)108-66/h21,24-28,30-35,39-40,43,45-54,66-67,75,80,90-92,94-98H,9-20,22-23,69,71H2,1-8H3,(H2,70,93)(H2,73,99)(H2,74,107)(H,76,81)(H,77,101)(H,78,102)(H,79,104)(H,82,106)(H,84,103)(H,87,100)(H,88,105)(H2,72,86,89)/t30-,31+,32+,33-,34-,35-,39-,40+,43-,45-,46-,47-,48+,49+,50+,51-,52-,53-,54-,66+,67-/m0/s1. The van der Waals surface area contributed by atoms with Crippen molar-refractivity contribution >= 4 is 87.7 Å². The number of aliphatic hydroxyl groups is 8. The fraction of sp³-hybridized carbons (Fsp3) is 0.662. The quantitative estimate of drug-likeness (QED) is 0.0183. The van der Waals surface area contributed by atoms with Crippen LogP contribution in [0.15, 0.2) is 23.3 Å². The van der Waals surface area contributed by atoms with E-state index in [1.54, 1.807) is 10.8 Å². The van der Waals surface area contributed by atoms with Crippen LogP contribution in [0.25, 0.3) is 10.7 Å². The third-order valence-corrected chi connectivity index (χ3v) is 20.3. The zero-order valence-corrected chi connectivity index (χ0v) is 65.8. The molecule has 4 aromatic heterocycles. The molecule has 0 aliphatic carbocycles. The summed E-state index contributed by atoms with van der Waals surface area (Å²) in [5, 5.41) is 117. The lowest BCUT2D eigenvalue weighted by Crippen LogP contribution is -2.65.